The number of benzene rings is 1. The molecule has 0 aliphatic rings. The molecule has 2 aromatic rings. The molecule has 0 amide bonds. The summed E-state index contributed by atoms with van der Waals surface area (Å²) in [4.78, 5) is 50.6. The molecule has 2 atom stereocenters. The molecule has 0 saturated heterocycles. The number of aliphatic carboxylic acids is 2. The lowest BCUT2D eigenvalue weighted by molar-refractivity contribution is -0.152. The van der Waals surface area contributed by atoms with Gasteiger partial charge >= 0.3 is 23.9 Å². The Morgan fingerprint density at radius 1 is 0.742 bits per heavy atom. The van der Waals surface area contributed by atoms with Crippen molar-refractivity contribution in [1.29, 1.82) is 10.5 Å². The number of hydrogen-bond donors (Lipinski definition) is 2. The number of ether oxygens (including phenoxy) is 4. The molecule has 16 heteroatoms. The molecular weight excluding hydrogens is 815 g/mol. The summed E-state index contributed by atoms with van der Waals surface area (Å²) in [5.41, 5.74) is 3.07. The van der Waals surface area contributed by atoms with Crippen LogP contribution in [-0.2, 0) is 38.1 Å². The highest BCUT2D eigenvalue weighted by Gasteiger charge is 2.22. The van der Waals surface area contributed by atoms with E-state index in [9.17, 15) is 39.9 Å². The number of anilines is 1. The van der Waals surface area contributed by atoms with E-state index in [2.05, 4.69) is 36.2 Å². The van der Waals surface area contributed by atoms with E-state index in [1.54, 1.807) is 13.0 Å². The highest BCUT2D eigenvalue weighted by molar-refractivity contribution is 7.16. The number of hydrogen-bond acceptors (Lipinski definition) is 14. The Labute approximate surface area is 370 Å². The lowest BCUT2D eigenvalue weighted by atomic mass is 10.0. The first kappa shape index (κ1) is 52.7. The van der Waals surface area contributed by atoms with Crippen molar-refractivity contribution in [2.75, 3.05) is 57.6 Å². The highest BCUT2D eigenvalue weighted by Crippen LogP contribution is 2.36. The lowest BCUT2D eigenvalue weighted by Crippen LogP contribution is -2.31. The van der Waals surface area contributed by atoms with Crippen LogP contribution in [0.15, 0.2) is 52.7 Å². The molecule has 2 N–H and O–H groups in total. The summed E-state index contributed by atoms with van der Waals surface area (Å²) in [6, 6.07) is 9.74. The number of azo groups is 1. The van der Waals surface area contributed by atoms with Gasteiger partial charge in [0, 0.05) is 18.8 Å². The number of carbonyl (C=O) groups is 4. The third kappa shape index (κ3) is 20.9. The van der Waals surface area contributed by atoms with Gasteiger partial charge in [-0.3, -0.25) is 19.2 Å². The van der Waals surface area contributed by atoms with Crippen LogP contribution in [0.3, 0.4) is 0 Å². The van der Waals surface area contributed by atoms with Crippen molar-refractivity contribution in [1.82, 2.24) is 0 Å². The SMILES string of the molecule is CCCCC/C=C/CC(CC(=O)OCCOCCN(CCOCCOC(=O)CC(C/C=C/CCCCC)C(=O)O)c1ccc(N=Nc2sc(C#N)c(C)c2C#N)c(C)c1)C(=O)O. The van der Waals surface area contributed by atoms with Gasteiger partial charge in [0.1, 0.15) is 30.2 Å². The van der Waals surface area contributed by atoms with Gasteiger partial charge in [0.05, 0.1) is 62.4 Å². The first-order valence-electron chi connectivity index (χ1n) is 21.4. The third-order valence-electron chi connectivity index (χ3n) is 9.78. The van der Waals surface area contributed by atoms with E-state index in [4.69, 9.17) is 18.9 Å². The zero-order valence-corrected chi connectivity index (χ0v) is 37.5. The molecule has 2 rings (SSSR count). The average molecular weight is 878 g/mol. The second-order valence-electron chi connectivity index (χ2n) is 14.7. The monoisotopic (exact) mass is 877 g/mol. The Hall–Kier alpha value is -5.42. The van der Waals surface area contributed by atoms with Crippen LogP contribution in [0, 0.1) is 48.3 Å². The van der Waals surface area contributed by atoms with E-state index < -0.39 is 35.7 Å². The van der Waals surface area contributed by atoms with Gasteiger partial charge in [0.25, 0.3) is 0 Å². The maximum atomic E-state index is 12.4. The van der Waals surface area contributed by atoms with Crippen LogP contribution < -0.4 is 4.90 Å². The topological polar surface area (TPSA) is 221 Å². The van der Waals surface area contributed by atoms with E-state index in [-0.39, 0.29) is 65.3 Å². The number of carboxylic acids is 2. The zero-order chi connectivity index (χ0) is 45.5. The Morgan fingerprint density at radius 2 is 1.27 bits per heavy atom. The largest absolute Gasteiger partial charge is 0.481 e. The maximum Gasteiger partial charge on any atom is 0.307 e. The lowest BCUT2D eigenvalue weighted by Gasteiger charge is -2.25. The van der Waals surface area contributed by atoms with E-state index in [0.29, 0.717) is 39.8 Å². The molecule has 0 saturated carbocycles. The Kier molecular flexibility index (Phi) is 26.7. The number of unbranched alkanes of at least 4 members (excludes halogenated alkanes) is 6. The molecule has 1 aromatic heterocycles. The van der Waals surface area contributed by atoms with Gasteiger partial charge in [-0.25, -0.2) is 0 Å². The van der Waals surface area contributed by atoms with E-state index in [0.717, 1.165) is 74.0 Å². The Balaban J connectivity index is 1.97. The fraction of sp³-hybridized carbons (Fsp3) is 0.565. The van der Waals surface area contributed by atoms with Crippen molar-refractivity contribution < 1.29 is 48.3 Å². The second kappa shape index (κ2) is 31.4. The number of esters is 2. The van der Waals surface area contributed by atoms with Crippen LogP contribution in [0.4, 0.5) is 16.4 Å². The van der Waals surface area contributed by atoms with Crippen molar-refractivity contribution in [3.63, 3.8) is 0 Å². The molecule has 0 fully saturated rings. The fourth-order valence-electron chi connectivity index (χ4n) is 6.05. The number of rotatable bonds is 33. The number of aryl methyl sites for hydroxylation is 1. The molecule has 62 heavy (non-hydrogen) atoms. The summed E-state index contributed by atoms with van der Waals surface area (Å²) in [5, 5.41) is 47.1. The minimum atomic E-state index is -1.05. The summed E-state index contributed by atoms with van der Waals surface area (Å²) >= 11 is 1.11. The predicted octanol–water partition coefficient (Wildman–Crippen LogP) is 9.68. The Bertz CT molecular complexity index is 1810. The minimum Gasteiger partial charge on any atom is -0.481 e. The molecule has 15 nitrogen and oxygen atoms in total. The van der Waals surface area contributed by atoms with Gasteiger partial charge < -0.3 is 34.1 Å². The number of allylic oxidation sites excluding steroid dienone is 4. The predicted molar refractivity (Wildman–Crippen MR) is 237 cm³/mol. The Morgan fingerprint density at radius 3 is 1.73 bits per heavy atom. The quantitative estimate of drug-likeness (QED) is 0.0295. The summed E-state index contributed by atoms with van der Waals surface area (Å²) < 4.78 is 22.1. The number of carboxylic acid groups (broad SMARTS) is 2. The summed E-state index contributed by atoms with van der Waals surface area (Å²) in [7, 11) is 0. The van der Waals surface area contributed by atoms with E-state index in [1.165, 1.54) is 0 Å². The fourth-order valence-corrected chi connectivity index (χ4v) is 6.93. The number of carbonyl (C=O) groups excluding carboxylic acids is 2. The number of thiophene rings is 1. The molecule has 0 spiro atoms. The zero-order valence-electron chi connectivity index (χ0n) is 36.6. The smallest absolute Gasteiger partial charge is 0.307 e. The van der Waals surface area contributed by atoms with Gasteiger partial charge in [0.15, 0.2) is 5.00 Å². The van der Waals surface area contributed by atoms with Crippen LogP contribution in [0.1, 0.15) is 112 Å². The van der Waals surface area contributed by atoms with Crippen LogP contribution in [0.2, 0.25) is 0 Å². The number of nitriles is 2. The van der Waals surface area contributed by atoms with Crippen molar-refractivity contribution in [2.45, 2.75) is 105 Å². The van der Waals surface area contributed by atoms with Crippen LogP contribution in [0.25, 0.3) is 0 Å². The molecule has 338 valence electrons. The van der Waals surface area contributed by atoms with Crippen molar-refractivity contribution in [2.24, 2.45) is 22.1 Å². The summed E-state index contributed by atoms with van der Waals surface area (Å²) in [5.74, 6) is -5.03. The molecule has 1 aromatic carbocycles. The summed E-state index contributed by atoms with van der Waals surface area (Å²) in [6.07, 6.45) is 15.9. The minimum absolute atomic E-state index is 0.0330. The van der Waals surface area contributed by atoms with Crippen molar-refractivity contribution >= 4 is 51.6 Å². The van der Waals surface area contributed by atoms with Crippen LogP contribution in [-0.4, -0.2) is 86.8 Å². The maximum absolute atomic E-state index is 12.4. The highest BCUT2D eigenvalue weighted by atomic mass is 32.1. The molecule has 0 aliphatic heterocycles. The average Bonchev–Trinajstić information content (AvgIpc) is 3.56. The number of nitrogens with zero attached hydrogens (tertiary/aromatic N) is 5. The molecule has 0 aliphatic carbocycles. The molecular formula is C46H63N5O10S. The standard InChI is InChI=1S/C46H63N5O10S/c1-5-7-9-11-13-15-17-36(45(54)55)30-42(52)60-27-25-58-23-21-51(22-24-59-26-28-61-43(53)31-37(46(56)57)18-16-14-12-10-8-6-2)38-19-20-40(34(3)29-38)49-50-44-39(32-47)35(4)41(33-48)62-44/h13-16,19-20,29,36-37H,5-12,17-18,21-28,30-31H2,1-4H3,(H,54,55)(H,56,57)/b15-13+,16-14+,50-49?. The summed E-state index contributed by atoms with van der Waals surface area (Å²) in [6.45, 7) is 9.29. The molecule has 0 bridgehead atoms. The molecule has 1 heterocycles. The second-order valence-corrected chi connectivity index (χ2v) is 15.7. The van der Waals surface area contributed by atoms with Crippen LogP contribution >= 0.6 is 11.3 Å². The first-order valence-corrected chi connectivity index (χ1v) is 22.2. The van der Waals surface area contributed by atoms with E-state index in [1.807, 2.05) is 48.3 Å². The van der Waals surface area contributed by atoms with E-state index >= 15 is 0 Å². The van der Waals surface area contributed by atoms with Crippen molar-refractivity contribution in [3.05, 3.63) is 64.1 Å². The van der Waals surface area contributed by atoms with Gasteiger partial charge in [-0.05, 0) is 81.7 Å². The third-order valence-corrected chi connectivity index (χ3v) is 10.9. The van der Waals surface area contributed by atoms with Gasteiger partial charge in [-0.1, -0.05) is 63.8 Å². The van der Waals surface area contributed by atoms with Crippen LogP contribution in [0.5, 0.6) is 0 Å². The van der Waals surface area contributed by atoms with Gasteiger partial charge in [0.2, 0.25) is 0 Å². The molecule has 2 unspecified atom stereocenters. The first-order chi connectivity index (χ1) is 29.9. The molecule has 0 radical (unpaired) electrons. The van der Waals surface area contributed by atoms with Gasteiger partial charge in [-0.15, -0.1) is 21.6 Å². The normalized spacial score (nSPS) is 12.4. The van der Waals surface area contributed by atoms with Crippen molar-refractivity contribution in [3.8, 4) is 12.1 Å². The van der Waals surface area contributed by atoms with Gasteiger partial charge in [-0.2, -0.15) is 10.5 Å².